The van der Waals surface area contributed by atoms with E-state index in [1.807, 2.05) is 35.6 Å². The van der Waals surface area contributed by atoms with Crippen LogP contribution in [0.5, 0.6) is 0 Å². The minimum atomic E-state index is -1.18. The first-order valence-electron chi connectivity index (χ1n) is 5.91. The molecule has 1 fully saturated rings. The molecule has 0 spiro atoms. The summed E-state index contributed by atoms with van der Waals surface area (Å²) in [4.78, 5) is 1.72. The van der Waals surface area contributed by atoms with Crippen molar-refractivity contribution in [2.45, 2.75) is 12.5 Å². The van der Waals surface area contributed by atoms with Gasteiger partial charge in [-0.15, -0.1) is 0 Å². The summed E-state index contributed by atoms with van der Waals surface area (Å²) < 4.78 is 16.1. The molecular weight excluding hydrogens is 248 g/mol. The molecule has 0 aliphatic carbocycles. The number of rotatable bonds is 1. The molecule has 18 heavy (non-hydrogen) atoms. The molecule has 1 aromatic rings. The van der Waals surface area contributed by atoms with Crippen molar-refractivity contribution in [3.63, 3.8) is 0 Å². The Kier molecular flexibility index (Phi) is 2.73. The van der Waals surface area contributed by atoms with Gasteiger partial charge in [-0.1, -0.05) is 12.1 Å². The summed E-state index contributed by atoms with van der Waals surface area (Å²) >= 11 is -1.18. The smallest absolute Gasteiger partial charge is 0.198 e. The lowest BCUT2D eigenvalue weighted by Gasteiger charge is -2.25. The van der Waals surface area contributed by atoms with Crippen molar-refractivity contribution < 1.29 is 4.55 Å². The number of fused-ring (bicyclic) bond motifs is 1. The van der Waals surface area contributed by atoms with Crippen LogP contribution < -0.4 is 8.61 Å². The van der Waals surface area contributed by atoms with Crippen molar-refractivity contribution in [1.29, 1.82) is 5.26 Å². The van der Waals surface area contributed by atoms with Crippen LogP contribution in [0.4, 0.5) is 11.4 Å². The van der Waals surface area contributed by atoms with Gasteiger partial charge in [0.1, 0.15) is 11.4 Å². The molecule has 0 N–H and O–H groups in total. The van der Waals surface area contributed by atoms with Gasteiger partial charge in [-0.05, 0) is 18.6 Å². The summed E-state index contributed by atoms with van der Waals surface area (Å²) in [6.45, 7) is 1.41. The van der Waals surface area contributed by atoms with E-state index in [1.54, 1.807) is 9.21 Å². The van der Waals surface area contributed by atoms with E-state index in [0.717, 1.165) is 24.3 Å². The fourth-order valence-electron chi connectivity index (χ4n) is 2.57. The van der Waals surface area contributed by atoms with Gasteiger partial charge in [0, 0.05) is 6.54 Å². The van der Waals surface area contributed by atoms with Crippen LogP contribution in [0.25, 0.3) is 0 Å². The van der Waals surface area contributed by atoms with Crippen LogP contribution in [-0.2, 0) is 11.5 Å². The average molecular weight is 262 g/mol. The van der Waals surface area contributed by atoms with Crippen LogP contribution in [-0.4, -0.2) is 35.6 Å². The monoisotopic (exact) mass is 262 g/mol. The van der Waals surface area contributed by atoms with E-state index in [9.17, 15) is 4.55 Å². The Morgan fingerprint density at radius 2 is 2.11 bits per heavy atom. The third-order valence-corrected chi connectivity index (χ3v) is 4.99. The molecule has 0 bridgehead atoms. The van der Waals surface area contributed by atoms with Crippen LogP contribution in [0.3, 0.4) is 0 Å². The normalized spacial score (nSPS) is 26.4. The molecule has 1 aromatic carbocycles. The zero-order valence-electron chi connectivity index (χ0n) is 10.1. The van der Waals surface area contributed by atoms with Crippen molar-refractivity contribution >= 4 is 22.9 Å². The molecule has 0 radical (unpaired) electrons. The first kappa shape index (κ1) is 11.5. The Morgan fingerprint density at radius 1 is 1.39 bits per heavy atom. The molecule has 0 amide bonds. The number of hydrogen-bond acceptors (Lipinski definition) is 5. The number of likely N-dealkylation sites (tertiary alicyclic amines) is 1. The van der Waals surface area contributed by atoms with Gasteiger partial charge in [-0.2, -0.15) is 13.9 Å². The van der Waals surface area contributed by atoms with E-state index in [1.165, 1.54) is 0 Å². The number of nitriles is 1. The molecule has 94 valence electrons. The SMILES string of the molecule is CN1c2ccccc2N(C2CCN(C#N)C2)[S+]1[O-]. The highest BCUT2D eigenvalue weighted by Gasteiger charge is 2.44. The van der Waals surface area contributed by atoms with Crippen LogP contribution in [0, 0.1) is 11.5 Å². The molecule has 2 heterocycles. The van der Waals surface area contributed by atoms with Gasteiger partial charge in [0.15, 0.2) is 17.7 Å². The van der Waals surface area contributed by atoms with Gasteiger partial charge in [0.2, 0.25) is 0 Å². The van der Waals surface area contributed by atoms with Crippen LogP contribution >= 0.6 is 0 Å². The Morgan fingerprint density at radius 3 is 2.78 bits per heavy atom. The summed E-state index contributed by atoms with van der Waals surface area (Å²) in [5.74, 6) is 0. The molecule has 0 aromatic heterocycles. The molecule has 2 unspecified atom stereocenters. The fourth-order valence-corrected chi connectivity index (χ4v) is 3.90. The molecule has 2 aliphatic heterocycles. The maximum absolute atomic E-state index is 12.4. The summed E-state index contributed by atoms with van der Waals surface area (Å²) in [6.07, 6.45) is 3.04. The predicted molar refractivity (Wildman–Crippen MR) is 71.1 cm³/mol. The molecule has 1 saturated heterocycles. The number of para-hydroxylation sites is 2. The number of hydrogen-bond donors (Lipinski definition) is 0. The Balaban J connectivity index is 1.92. The van der Waals surface area contributed by atoms with Crippen LogP contribution in [0.1, 0.15) is 6.42 Å². The van der Waals surface area contributed by atoms with E-state index in [4.69, 9.17) is 5.26 Å². The third kappa shape index (κ3) is 1.59. The van der Waals surface area contributed by atoms with Crippen molar-refractivity contribution in [2.24, 2.45) is 0 Å². The van der Waals surface area contributed by atoms with Gasteiger partial charge in [-0.25, -0.2) is 0 Å². The summed E-state index contributed by atoms with van der Waals surface area (Å²) in [7, 11) is 1.84. The summed E-state index contributed by atoms with van der Waals surface area (Å²) in [5.41, 5.74) is 1.99. The van der Waals surface area contributed by atoms with E-state index in [-0.39, 0.29) is 6.04 Å². The number of nitrogens with zero attached hydrogens (tertiary/aromatic N) is 4. The summed E-state index contributed by atoms with van der Waals surface area (Å²) in [6, 6.07) is 8.03. The molecule has 0 saturated carbocycles. The second-order valence-electron chi connectivity index (χ2n) is 4.53. The van der Waals surface area contributed by atoms with Gasteiger partial charge in [0.25, 0.3) is 0 Å². The quantitative estimate of drug-likeness (QED) is 0.560. The van der Waals surface area contributed by atoms with E-state index in [2.05, 4.69) is 6.19 Å². The Hall–Kier alpha value is -1.58. The van der Waals surface area contributed by atoms with Crippen LogP contribution in [0.2, 0.25) is 0 Å². The van der Waals surface area contributed by atoms with Gasteiger partial charge < -0.3 is 9.45 Å². The van der Waals surface area contributed by atoms with E-state index >= 15 is 0 Å². The zero-order valence-corrected chi connectivity index (χ0v) is 10.9. The zero-order chi connectivity index (χ0) is 12.7. The highest BCUT2D eigenvalue weighted by atomic mass is 32.2. The molecule has 2 aliphatic rings. The van der Waals surface area contributed by atoms with E-state index < -0.39 is 11.5 Å². The minimum absolute atomic E-state index is 0.150. The predicted octanol–water partition coefficient (Wildman–Crippen LogP) is 1.08. The highest BCUT2D eigenvalue weighted by molar-refractivity contribution is 7.94. The molecule has 6 heteroatoms. The maximum Gasteiger partial charge on any atom is 0.198 e. The first-order valence-corrected chi connectivity index (χ1v) is 6.97. The fraction of sp³-hybridized carbons (Fsp3) is 0.417. The summed E-state index contributed by atoms with van der Waals surface area (Å²) in [5, 5.41) is 8.91. The van der Waals surface area contributed by atoms with Gasteiger partial charge in [0.05, 0.1) is 19.6 Å². The standard InChI is InChI=1S/C12H14N4OS/c1-14-11-4-2-3-5-12(11)16(18(14)17)10-6-7-15(8-10)9-13/h2-5,10H,6-8H2,1H3. The second kappa shape index (κ2) is 4.26. The molecular formula is C12H14N4OS. The van der Waals surface area contributed by atoms with Crippen LogP contribution in [0.15, 0.2) is 24.3 Å². The Bertz CT molecular complexity index is 503. The lowest BCUT2D eigenvalue weighted by atomic mass is 10.2. The molecule has 2 atom stereocenters. The lowest BCUT2D eigenvalue weighted by Crippen LogP contribution is -2.43. The third-order valence-electron chi connectivity index (χ3n) is 3.50. The number of benzene rings is 1. The van der Waals surface area contributed by atoms with Gasteiger partial charge >= 0.3 is 0 Å². The number of anilines is 2. The highest BCUT2D eigenvalue weighted by Crippen LogP contribution is 2.42. The van der Waals surface area contributed by atoms with Crippen molar-refractivity contribution in [1.82, 2.24) is 4.90 Å². The molecule has 3 rings (SSSR count). The van der Waals surface area contributed by atoms with E-state index in [0.29, 0.717) is 6.54 Å². The largest absolute Gasteiger partial charge is 0.568 e. The van der Waals surface area contributed by atoms with Crippen molar-refractivity contribution in [3.8, 4) is 6.19 Å². The average Bonchev–Trinajstić information content (AvgIpc) is 2.95. The Labute approximate surface area is 110 Å². The van der Waals surface area contributed by atoms with Crippen molar-refractivity contribution in [3.05, 3.63) is 24.3 Å². The first-order chi connectivity index (χ1) is 8.72. The second-order valence-corrected chi connectivity index (χ2v) is 5.93. The van der Waals surface area contributed by atoms with Gasteiger partial charge in [-0.3, -0.25) is 0 Å². The lowest BCUT2D eigenvalue weighted by molar-refractivity contribution is 0.478. The maximum atomic E-state index is 12.4. The molecule has 5 nitrogen and oxygen atoms in total. The van der Waals surface area contributed by atoms with Crippen molar-refractivity contribution in [2.75, 3.05) is 28.7 Å². The topological polar surface area (TPSA) is 56.6 Å². The minimum Gasteiger partial charge on any atom is -0.568 e.